The Hall–Kier alpha value is -1.25. The molecule has 282 valence electrons. The molecule has 0 amide bonds. The van der Waals surface area contributed by atoms with Crippen molar-refractivity contribution in [2.24, 2.45) is 0 Å². The summed E-state index contributed by atoms with van der Waals surface area (Å²) in [7, 11) is -6.27. The number of ether oxygens (including phenoxy) is 2. The van der Waals surface area contributed by atoms with Gasteiger partial charge in [0.1, 0.15) is 25.1 Å². The number of nitrogens with zero attached hydrogens (tertiary/aromatic N) is 3. The van der Waals surface area contributed by atoms with Crippen LogP contribution in [0.1, 0.15) is 103 Å². The van der Waals surface area contributed by atoms with Crippen molar-refractivity contribution in [1.82, 2.24) is 14.2 Å². The molecule has 1 aliphatic heterocycles. The average molecular weight is 745 g/mol. The van der Waals surface area contributed by atoms with Crippen LogP contribution in [0.5, 0.6) is 0 Å². The minimum absolute atomic E-state index is 0.0235. The van der Waals surface area contributed by atoms with E-state index in [1.807, 2.05) is 0 Å². The first kappa shape index (κ1) is 43.9. The van der Waals surface area contributed by atoms with Gasteiger partial charge in [-0.05, 0) is 62.5 Å². The lowest BCUT2D eigenvalue weighted by Crippen LogP contribution is -2.49. The van der Waals surface area contributed by atoms with E-state index in [4.69, 9.17) is 27.4 Å². The molecule has 0 aliphatic carbocycles. The summed E-state index contributed by atoms with van der Waals surface area (Å²) in [6.07, 6.45) is -1.56. The highest BCUT2D eigenvalue weighted by Gasteiger charge is 2.52. The number of hydrogen-bond acceptors (Lipinski definition) is 10. The van der Waals surface area contributed by atoms with Crippen LogP contribution in [0.3, 0.4) is 0 Å². The van der Waals surface area contributed by atoms with E-state index in [0.29, 0.717) is 16.6 Å². The van der Waals surface area contributed by atoms with Gasteiger partial charge in [-0.25, -0.2) is 9.46 Å². The maximum Gasteiger partial charge on any atom is 0.330 e. The monoisotopic (exact) mass is 744 g/mol. The van der Waals surface area contributed by atoms with E-state index in [1.165, 1.54) is 16.8 Å². The van der Waals surface area contributed by atoms with Crippen molar-refractivity contribution in [3.63, 3.8) is 0 Å². The molecule has 0 radical (unpaired) electrons. The molecule has 2 heterocycles. The molecule has 15 heteroatoms. The van der Waals surface area contributed by atoms with Crippen molar-refractivity contribution in [3.8, 4) is 6.07 Å². The molecule has 0 aromatic carbocycles. The number of H-pyrrole nitrogens is 1. The number of rotatable bonds is 19. The molecule has 1 saturated heterocycles. The fourth-order valence-electron chi connectivity index (χ4n) is 6.62. The van der Waals surface area contributed by atoms with E-state index in [0.717, 1.165) is 0 Å². The summed E-state index contributed by atoms with van der Waals surface area (Å²) in [5.41, 5.74) is -0.133. The van der Waals surface area contributed by atoms with E-state index in [9.17, 15) is 14.9 Å². The Morgan fingerprint density at radius 1 is 0.980 bits per heavy atom. The van der Waals surface area contributed by atoms with E-state index in [2.05, 4.69) is 119 Å². The second-order valence-electron chi connectivity index (χ2n) is 16.0. The van der Waals surface area contributed by atoms with Crippen LogP contribution in [0, 0.1) is 11.3 Å². The molecule has 1 aromatic rings. The fourth-order valence-corrected chi connectivity index (χ4v) is 14.7. The Morgan fingerprint density at radius 2 is 1.55 bits per heavy atom. The third-order valence-electron chi connectivity index (χ3n) is 9.98. The minimum Gasteiger partial charge on any atom is -0.414 e. The van der Waals surface area contributed by atoms with Crippen molar-refractivity contribution in [2.45, 2.75) is 168 Å². The lowest BCUT2D eigenvalue weighted by molar-refractivity contribution is -0.113. The quantitative estimate of drug-likeness (QED) is 0.0651. The summed E-state index contributed by atoms with van der Waals surface area (Å²) >= 11 is 0. The van der Waals surface area contributed by atoms with Crippen LogP contribution in [0.15, 0.2) is 21.9 Å². The van der Waals surface area contributed by atoms with Crippen LogP contribution in [-0.4, -0.2) is 81.3 Å². The molecule has 0 bridgehead atoms. The van der Waals surface area contributed by atoms with Crippen molar-refractivity contribution in [1.29, 1.82) is 5.26 Å². The summed E-state index contributed by atoms with van der Waals surface area (Å²) in [6, 6.07) is 3.57. The first-order valence-corrected chi connectivity index (χ1v) is 23.9. The molecule has 2 rings (SSSR count). The first-order chi connectivity index (χ1) is 22.6. The average Bonchev–Trinajstić information content (AvgIpc) is 3.29. The van der Waals surface area contributed by atoms with E-state index < -0.39 is 60.9 Å². The Labute approximate surface area is 298 Å². The molecule has 0 saturated carbocycles. The zero-order valence-electron chi connectivity index (χ0n) is 32.7. The van der Waals surface area contributed by atoms with Crippen molar-refractivity contribution in [2.75, 3.05) is 20.0 Å². The topological polar surface area (TPSA) is 137 Å². The molecule has 0 spiro atoms. The summed E-state index contributed by atoms with van der Waals surface area (Å²) in [6.45, 7) is 32.8. The molecule has 1 unspecified atom stereocenters. The smallest absolute Gasteiger partial charge is 0.330 e. The van der Waals surface area contributed by atoms with Gasteiger partial charge >= 0.3 is 5.69 Å². The number of hydrogen-bond donors (Lipinski definition) is 1. The second kappa shape index (κ2) is 18.5. The lowest BCUT2D eigenvalue weighted by Gasteiger charge is -2.42. The van der Waals surface area contributed by atoms with Gasteiger partial charge in [0.15, 0.2) is 14.5 Å². The van der Waals surface area contributed by atoms with Gasteiger partial charge in [0.25, 0.3) is 14.1 Å². The normalized spacial score (nSPS) is 21.6. The Balaban J connectivity index is 2.70. The zero-order valence-corrected chi connectivity index (χ0v) is 35.6. The van der Waals surface area contributed by atoms with E-state index in [-0.39, 0.29) is 43.5 Å². The molecule has 1 aliphatic rings. The van der Waals surface area contributed by atoms with Crippen molar-refractivity contribution < 1.29 is 27.4 Å². The third kappa shape index (κ3) is 10.9. The summed E-state index contributed by atoms with van der Waals surface area (Å²) in [5.74, 6) is 0. The van der Waals surface area contributed by atoms with Gasteiger partial charge in [-0.3, -0.25) is 14.3 Å². The van der Waals surface area contributed by atoms with E-state index in [1.54, 1.807) is 0 Å². The predicted molar refractivity (Wildman–Crippen MR) is 200 cm³/mol. The van der Waals surface area contributed by atoms with Gasteiger partial charge in [0.05, 0.1) is 25.7 Å². The van der Waals surface area contributed by atoms with Crippen molar-refractivity contribution >= 4 is 25.2 Å². The summed E-state index contributed by atoms with van der Waals surface area (Å²) in [5, 5.41) is 9.25. The molecule has 49 heavy (non-hydrogen) atoms. The maximum absolute atomic E-state index is 13.2. The third-order valence-corrected chi connectivity index (χ3v) is 22.6. The van der Waals surface area contributed by atoms with Gasteiger partial charge in [-0.1, -0.05) is 62.3 Å². The Bertz CT molecular complexity index is 1290. The molecule has 1 N–H and O–H groups in total. The van der Waals surface area contributed by atoms with Crippen LogP contribution < -0.4 is 11.2 Å². The fraction of sp³-hybridized carbons (Fsp3) is 0.853. The number of nitrogens with one attached hydrogen (secondary N) is 1. The highest BCUT2D eigenvalue weighted by molar-refractivity contribution is 7.44. The van der Waals surface area contributed by atoms with Gasteiger partial charge in [0.2, 0.25) is 8.32 Å². The highest BCUT2D eigenvalue weighted by Crippen LogP contribution is 2.51. The van der Waals surface area contributed by atoms with Gasteiger partial charge in [-0.15, -0.1) is 0 Å². The van der Waals surface area contributed by atoms with Gasteiger partial charge < -0.3 is 27.4 Å². The largest absolute Gasteiger partial charge is 0.414 e. The maximum atomic E-state index is 13.2. The molecule has 1 fully saturated rings. The van der Waals surface area contributed by atoms with Crippen LogP contribution in [0.2, 0.25) is 34.8 Å². The predicted octanol–water partition coefficient (Wildman–Crippen LogP) is 7.65. The number of aromatic amines is 1. The number of aromatic nitrogens is 2. The molecular weight excluding hydrogens is 680 g/mol. The SMILES string of the molecule is CC(C)N(C(C)C)P(OCCC#N)O[C@H]1[C@@H](OCO[Si](C(C)C)(C(C)C)C(C)C)[C@H](n2ccc(=O)[nH]c2=O)O[C@@H]1CO[Si](C)(C)C(C)(C)C. The molecule has 5 atom stereocenters. The molecule has 1 aromatic heterocycles. The molecule has 12 nitrogen and oxygen atoms in total. The highest BCUT2D eigenvalue weighted by atomic mass is 31.2. The van der Waals surface area contributed by atoms with Crippen LogP contribution >= 0.6 is 8.53 Å². The number of nitriles is 1. The lowest BCUT2D eigenvalue weighted by atomic mass is 10.1. The Kier molecular flexibility index (Phi) is 16.6. The first-order valence-electron chi connectivity index (χ1n) is 17.7. The summed E-state index contributed by atoms with van der Waals surface area (Å²) < 4.78 is 43.7. The van der Waals surface area contributed by atoms with Crippen LogP contribution in [-0.2, 0) is 27.4 Å². The van der Waals surface area contributed by atoms with E-state index >= 15 is 0 Å². The zero-order chi connectivity index (χ0) is 37.5. The minimum atomic E-state index is -2.32. The van der Waals surface area contributed by atoms with Crippen molar-refractivity contribution in [3.05, 3.63) is 33.1 Å². The standard InChI is InChI=1S/C34H65N4O8PSi2/c1-23(2)38(24(3)4)47(42-20-16-18-35)46-30-28(21-43-48(14,15)34(11,12)13)45-32(37-19-17-29(39)36-33(37)40)31(30)41-22-44-49(25(5)6,26(7)8)27(9)10/h17,19,23-28,30-32H,16,20-22H2,1-15H3,(H,36,39,40)/t28-,30-,31-,32-,47?/m1/s1. The van der Waals surface area contributed by atoms with Gasteiger partial charge in [0, 0.05) is 24.3 Å². The summed E-state index contributed by atoms with van der Waals surface area (Å²) in [4.78, 5) is 27.7. The Morgan fingerprint density at radius 3 is 2.02 bits per heavy atom. The van der Waals surface area contributed by atoms with Gasteiger partial charge in [-0.2, -0.15) is 5.26 Å². The van der Waals surface area contributed by atoms with Crippen LogP contribution in [0.4, 0.5) is 0 Å². The second-order valence-corrected chi connectivity index (χ2v) is 27.7. The molecular formula is C34H65N4O8PSi2. The van der Waals surface area contributed by atoms with Crippen LogP contribution in [0.25, 0.3) is 0 Å².